The highest BCUT2D eigenvalue weighted by Gasteiger charge is 2.11. The van der Waals surface area contributed by atoms with Gasteiger partial charge in [0, 0.05) is 30.1 Å². The van der Waals surface area contributed by atoms with Crippen molar-refractivity contribution in [2.75, 3.05) is 10.6 Å². The third kappa shape index (κ3) is 4.42. The molecule has 2 heterocycles. The number of nitrogens with zero attached hydrogens (tertiary/aromatic N) is 3. The van der Waals surface area contributed by atoms with Gasteiger partial charge in [-0.3, -0.25) is 4.98 Å². The van der Waals surface area contributed by atoms with Gasteiger partial charge in [-0.2, -0.15) is 4.98 Å². The van der Waals surface area contributed by atoms with Crippen molar-refractivity contribution in [2.24, 2.45) is 0 Å². The first kappa shape index (κ1) is 18.4. The molecule has 0 aliphatic rings. The van der Waals surface area contributed by atoms with Gasteiger partial charge in [0.15, 0.2) is 0 Å². The lowest BCUT2D eigenvalue weighted by atomic mass is 10.2. The Kier molecular flexibility index (Phi) is 5.91. The largest absolute Gasteiger partial charge is 0.352 e. The molecule has 0 amide bonds. The third-order valence-corrected chi connectivity index (χ3v) is 4.70. The molecule has 5 nitrogen and oxygen atoms in total. The number of hydrogen-bond donors (Lipinski definition) is 2. The van der Waals surface area contributed by atoms with E-state index in [0.717, 1.165) is 17.7 Å². The predicted octanol–water partition coefficient (Wildman–Crippen LogP) is 5.80. The molecule has 2 N–H and O–H groups in total. The molecule has 26 heavy (non-hydrogen) atoms. The SMILES string of the molecule is CC[C@H](C)Nc1nc(Nc2cccc(Cl)c2Cl)cc(-c2cccnc2)n1. The molecule has 0 bridgehead atoms. The minimum Gasteiger partial charge on any atom is -0.352 e. The highest BCUT2D eigenvalue weighted by atomic mass is 35.5. The summed E-state index contributed by atoms with van der Waals surface area (Å²) in [6, 6.07) is 11.4. The standard InChI is InChI=1S/C19H19Cl2N5/c1-3-12(2)23-19-25-16(13-6-5-9-22-11-13)10-17(26-19)24-15-8-4-7-14(20)18(15)21/h4-12H,3H2,1-2H3,(H2,23,24,25,26)/t12-/m0/s1. The summed E-state index contributed by atoms with van der Waals surface area (Å²) in [4.78, 5) is 13.3. The van der Waals surface area contributed by atoms with Crippen LogP contribution in [0.4, 0.5) is 17.5 Å². The van der Waals surface area contributed by atoms with E-state index < -0.39 is 0 Å². The van der Waals surface area contributed by atoms with Gasteiger partial charge in [0.25, 0.3) is 0 Å². The van der Waals surface area contributed by atoms with Crippen molar-refractivity contribution >= 4 is 40.7 Å². The second-order valence-electron chi connectivity index (χ2n) is 5.88. The van der Waals surface area contributed by atoms with E-state index in [1.54, 1.807) is 18.5 Å². The maximum absolute atomic E-state index is 6.28. The molecule has 3 aromatic rings. The Morgan fingerprint density at radius 3 is 2.69 bits per heavy atom. The molecular formula is C19H19Cl2N5. The highest BCUT2D eigenvalue weighted by Crippen LogP contribution is 2.32. The molecule has 3 rings (SSSR count). The fourth-order valence-corrected chi connectivity index (χ4v) is 2.65. The van der Waals surface area contributed by atoms with Crippen molar-refractivity contribution in [2.45, 2.75) is 26.3 Å². The van der Waals surface area contributed by atoms with Crippen LogP contribution >= 0.6 is 23.2 Å². The van der Waals surface area contributed by atoms with Gasteiger partial charge < -0.3 is 10.6 Å². The first-order valence-electron chi connectivity index (χ1n) is 8.34. The number of pyridine rings is 1. The molecule has 2 aromatic heterocycles. The van der Waals surface area contributed by atoms with E-state index in [0.29, 0.717) is 27.5 Å². The topological polar surface area (TPSA) is 62.7 Å². The molecule has 1 aromatic carbocycles. The Hall–Kier alpha value is -2.37. The van der Waals surface area contributed by atoms with Gasteiger partial charge in [0.05, 0.1) is 21.4 Å². The van der Waals surface area contributed by atoms with E-state index in [9.17, 15) is 0 Å². The zero-order valence-electron chi connectivity index (χ0n) is 14.5. The summed E-state index contributed by atoms with van der Waals surface area (Å²) in [5, 5.41) is 7.47. The lowest BCUT2D eigenvalue weighted by Crippen LogP contribution is -2.16. The van der Waals surface area contributed by atoms with E-state index in [1.165, 1.54) is 0 Å². The summed E-state index contributed by atoms with van der Waals surface area (Å²) < 4.78 is 0. The van der Waals surface area contributed by atoms with Gasteiger partial charge in [0.1, 0.15) is 5.82 Å². The molecule has 1 atom stereocenters. The second kappa shape index (κ2) is 8.34. The number of rotatable bonds is 6. The number of hydrogen-bond acceptors (Lipinski definition) is 5. The summed E-state index contributed by atoms with van der Waals surface area (Å²) >= 11 is 12.4. The van der Waals surface area contributed by atoms with Crippen molar-refractivity contribution in [3.8, 4) is 11.3 Å². The number of benzene rings is 1. The minimum atomic E-state index is 0.252. The third-order valence-electron chi connectivity index (χ3n) is 3.89. The van der Waals surface area contributed by atoms with Crippen molar-refractivity contribution in [1.29, 1.82) is 0 Å². The Balaban J connectivity index is 2.00. The van der Waals surface area contributed by atoms with Crippen LogP contribution in [-0.2, 0) is 0 Å². The minimum absolute atomic E-state index is 0.252. The molecule has 0 spiro atoms. The molecule has 7 heteroatoms. The zero-order chi connectivity index (χ0) is 18.5. The lowest BCUT2D eigenvalue weighted by molar-refractivity contribution is 0.753. The van der Waals surface area contributed by atoms with Gasteiger partial charge in [-0.1, -0.05) is 36.2 Å². The maximum atomic E-state index is 6.28. The summed E-state index contributed by atoms with van der Waals surface area (Å²) in [5.74, 6) is 1.16. The number of aromatic nitrogens is 3. The lowest BCUT2D eigenvalue weighted by Gasteiger charge is -2.15. The summed E-state index contributed by atoms with van der Waals surface area (Å²) in [6.07, 6.45) is 4.46. The molecule has 134 valence electrons. The first-order chi connectivity index (χ1) is 12.6. The average molecular weight is 388 g/mol. The van der Waals surface area contributed by atoms with Crippen molar-refractivity contribution in [3.63, 3.8) is 0 Å². The molecule has 0 saturated heterocycles. The van der Waals surface area contributed by atoms with Crippen LogP contribution in [0.25, 0.3) is 11.3 Å². The second-order valence-corrected chi connectivity index (χ2v) is 6.67. The van der Waals surface area contributed by atoms with Crippen LogP contribution in [0.3, 0.4) is 0 Å². The summed E-state index contributed by atoms with van der Waals surface area (Å²) in [7, 11) is 0. The average Bonchev–Trinajstić information content (AvgIpc) is 2.66. The molecule has 0 fully saturated rings. The Morgan fingerprint density at radius 2 is 1.96 bits per heavy atom. The van der Waals surface area contributed by atoms with Crippen LogP contribution < -0.4 is 10.6 Å². The Labute approximate surface area is 162 Å². The van der Waals surface area contributed by atoms with Crippen LogP contribution in [0.2, 0.25) is 10.0 Å². The maximum Gasteiger partial charge on any atom is 0.225 e. The molecule has 0 saturated carbocycles. The van der Waals surface area contributed by atoms with Crippen molar-refractivity contribution in [1.82, 2.24) is 15.0 Å². The van der Waals surface area contributed by atoms with Crippen LogP contribution in [0, 0.1) is 0 Å². The van der Waals surface area contributed by atoms with Crippen LogP contribution in [0.1, 0.15) is 20.3 Å². The Bertz CT molecular complexity index is 886. The van der Waals surface area contributed by atoms with E-state index >= 15 is 0 Å². The van der Waals surface area contributed by atoms with Gasteiger partial charge in [-0.25, -0.2) is 4.98 Å². The number of nitrogens with one attached hydrogen (secondary N) is 2. The quantitative estimate of drug-likeness (QED) is 0.559. The van der Waals surface area contributed by atoms with E-state index in [4.69, 9.17) is 23.2 Å². The van der Waals surface area contributed by atoms with Gasteiger partial charge in [0.2, 0.25) is 5.95 Å². The normalized spacial score (nSPS) is 11.8. The van der Waals surface area contributed by atoms with Crippen LogP contribution in [0.15, 0.2) is 48.8 Å². The summed E-state index contributed by atoms with van der Waals surface area (Å²) in [6.45, 7) is 4.19. The van der Waals surface area contributed by atoms with Gasteiger partial charge >= 0.3 is 0 Å². The zero-order valence-corrected chi connectivity index (χ0v) is 16.0. The summed E-state index contributed by atoms with van der Waals surface area (Å²) in [5.41, 5.74) is 2.35. The molecule has 0 radical (unpaired) electrons. The van der Waals surface area contributed by atoms with E-state index in [-0.39, 0.29) is 6.04 Å². The number of halogens is 2. The smallest absolute Gasteiger partial charge is 0.225 e. The van der Waals surface area contributed by atoms with Gasteiger partial charge in [-0.05, 0) is 37.6 Å². The van der Waals surface area contributed by atoms with Crippen LogP contribution in [0.5, 0.6) is 0 Å². The monoisotopic (exact) mass is 387 g/mol. The first-order valence-corrected chi connectivity index (χ1v) is 9.09. The molecular weight excluding hydrogens is 369 g/mol. The predicted molar refractivity (Wildman–Crippen MR) is 108 cm³/mol. The fourth-order valence-electron chi connectivity index (χ4n) is 2.30. The van der Waals surface area contributed by atoms with Gasteiger partial charge in [-0.15, -0.1) is 0 Å². The number of anilines is 3. The molecule has 0 aliphatic heterocycles. The van der Waals surface area contributed by atoms with Crippen LogP contribution in [-0.4, -0.2) is 21.0 Å². The highest BCUT2D eigenvalue weighted by molar-refractivity contribution is 6.43. The molecule has 0 aliphatic carbocycles. The van der Waals surface area contributed by atoms with Crippen molar-refractivity contribution < 1.29 is 0 Å². The Morgan fingerprint density at radius 1 is 1.12 bits per heavy atom. The fraction of sp³-hybridized carbons (Fsp3) is 0.211. The molecule has 0 unspecified atom stereocenters. The van der Waals surface area contributed by atoms with Crippen molar-refractivity contribution in [3.05, 3.63) is 58.8 Å². The van der Waals surface area contributed by atoms with E-state index in [2.05, 4.69) is 39.4 Å². The van der Waals surface area contributed by atoms with E-state index in [1.807, 2.05) is 30.3 Å².